The van der Waals surface area contributed by atoms with Gasteiger partial charge in [0.2, 0.25) is 0 Å². The van der Waals surface area contributed by atoms with Crippen molar-refractivity contribution in [2.24, 2.45) is 10.7 Å². The number of phenols is 1. The zero-order valence-electron chi connectivity index (χ0n) is 9.34. The summed E-state index contributed by atoms with van der Waals surface area (Å²) in [7, 11) is 0. The number of hydrogen-bond acceptors (Lipinski definition) is 3. The number of nitrogens with two attached hydrogens (primary N) is 1. The smallest absolute Gasteiger partial charge is 0.124 e. The molecule has 2 rings (SSSR count). The van der Waals surface area contributed by atoms with Crippen molar-refractivity contribution in [3.8, 4) is 5.75 Å². The van der Waals surface area contributed by atoms with Crippen LogP contribution in [-0.4, -0.2) is 23.4 Å². The summed E-state index contributed by atoms with van der Waals surface area (Å²) < 4.78 is 0. The van der Waals surface area contributed by atoms with Crippen molar-refractivity contribution in [1.82, 2.24) is 0 Å². The molecule has 2 atom stereocenters. The maximum Gasteiger partial charge on any atom is 0.124 e. The second-order valence-corrected chi connectivity index (χ2v) is 4.35. The standard InChI is InChI=1S/C13H18N2O/c14-11-6-2-3-7-12(11)15-9-10-5-1-4-8-13(10)16/h1,4-5,8-9,11-12,16H,2-3,6-7,14H2/t11-,12+/m0/s1. The van der Waals surface area contributed by atoms with Gasteiger partial charge in [-0.25, -0.2) is 0 Å². The average Bonchev–Trinajstić information content (AvgIpc) is 2.30. The third kappa shape index (κ3) is 2.61. The molecule has 1 aliphatic rings. The first-order chi connectivity index (χ1) is 7.77. The summed E-state index contributed by atoms with van der Waals surface area (Å²) >= 11 is 0. The molecule has 0 radical (unpaired) electrons. The fourth-order valence-electron chi connectivity index (χ4n) is 2.10. The Bertz CT molecular complexity index is 376. The Balaban J connectivity index is 2.06. The number of aromatic hydroxyl groups is 1. The van der Waals surface area contributed by atoms with Gasteiger partial charge in [-0.2, -0.15) is 0 Å². The molecule has 1 saturated carbocycles. The minimum Gasteiger partial charge on any atom is -0.507 e. The van der Waals surface area contributed by atoms with Crippen LogP contribution in [0.1, 0.15) is 31.2 Å². The molecule has 1 aliphatic carbocycles. The topological polar surface area (TPSA) is 58.6 Å². The van der Waals surface area contributed by atoms with Crippen LogP contribution >= 0.6 is 0 Å². The first kappa shape index (κ1) is 11.1. The van der Waals surface area contributed by atoms with Crippen molar-refractivity contribution in [3.63, 3.8) is 0 Å². The quantitative estimate of drug-likeness (QED) is 0.747. The van der Waals surface area contributed by atoms with E-state index in [0.29, 0.717) is 0 Å². The predicted octanol–water partition coefficient (Wildman–Crippen LogP) is 2.08. The highest BCUT2D eigenvalue weighted by Crippen LogP contribution is 2.20. The number of aliphatic imine (C=N–C) groups is 1. The normalized spacial score (nSPS) is 26.1. The molecule has 1 fully saturated rings. The second-order valence-electron chi connectivity index (χ2n) is 4.35. The molecule has 0 spiro atoms. The van der Waals surface area contributed by atoms with E-state index < -0.39 is 0 Å². The molecule has 0 unspecified atom stereocenters. The molecule has 3 nitrogen and oxygen atoms in total. The maximum atomic E-state index is 9.58. The minimum atomic E-state index is 0.177. The van der Waals surface area contributed by atoms with E-state index in [4.69, 9.17) is 5.73 Å². The summed E-state index contributed by atoms with van der Waals surface area (Å²) in [6, 6.07) is 7.61. The van der Waals surface area contributed by atoms with Gasteiger partial charge in [0.25, 0.3) is 0 Å². The van der Waals surface area contributed by atoms with Crippen molar-refractivity contribution in [3.05, 3.63) is 29.8 Å². The highest BCUT2D eigenvalue weighted by Gasteiger charge is 2.20. The number of hydrogen-bond donors (Lipinski definition) is 2. The van der Waals surface area contributed by atoms with Gasteiger partial charge < -0.3 is 10.8 Å². The van der Waals surface area contributed by atoms with Crippen LogP contribution in [0.5, 0.6) is 5.75 Å². The van der Waals surface area contributed by atoms with Crippen LogP contribution in [0.2, 0.25) is 0 Å². The Hall–Kier alpha value is -1.35. The van der Waals surface area contributed by atoms with Gasteiger partial charge in [-0.05, 0) is 25.0 Å². The molecular weight excluding hydrogens is 200 g/mol. The van der Waals surface area contributed by atoms with Crippen LogP contribution in [0, 0.1) is 0 Å². The van der Waals surface area contributed by atoms with Crippen LogP contribution in [0.4, 0.5) is 0 Å². The van der Waals surface area contributed by atoms with Gasteiger partial charge in [-0.1, -0.05) is 25.0 Å². The Morgan fingerprint density at radius 2 is 2.00 bits per heavy atom. The summed E-state index contributed by atoms with van der Waals surface area (Å²) in [5.41, 5.74) is 6.77. The monoisotopic (exact) mass is 218 g/mol. The van der Waals surface area contributed by atoms with Crippen molar-refractivity contribution >= 4 is 6.21 Å². The molecule has 1 aromatic rings. The maximum absolute atomic E-state index is 9.58. The molecule has 0 amide bonds. The molecule has 0 aliphatic heterocycles. The second kappa shape index (κ2) is 5.12. The van der Waals surface area contributed by atoms with E-state index in [9.17, 15) is 5.11 Å². The van der Waals surface area contributed by atoms with Crippen molar-refractivity contribution in [1.29, 1.82) is 0 Å². The van der Waals surface area contributed by atoms with E-state index in [1.54, 1.807) is 18.3 Å². The van der Waals surface area contributed by atoms with Crippen LogP contribution in [-0.2, 0) is 0 Å². The van der Waals surface area contributed by atoms with Gasteiger partial charge in [0.05, 0.1) is 6.04 Å². The van der Waals surface area contributed by atoms with E-state index in [-0.39, 0.29) is 17.8 Å². The number of phenolic OH excluding ortho intramolecular Hbond substituents is 1. The largest absolute Gasteiger partial charge is 0.507 e. The third-order valence-corrected chi connectivity index (χ3v) is 3.12. The zero-order valence-corrected chi connectivity index (χ0v) is 9.34. The SMILES string of the molecule is N[C@H]1CCCC[C@H]1N=Cc1ccccc1O. The first-order valence-electron chi connectivity index (χ1n) is 5.84. The van der Waals surface area contributed by atoms with Gasteiger partial charge in [0.15, 0.2) is 0 Å². The van der Waals surface area contributed by atoms with Crippen LogP contribution in [0.3, 0.4) is 0 Å². The lowest BCUT2D eigenvalue weighted by atomic mass is 9.91. The minimum absolute atomic E-state index is 0.177. The lowest BCUT2D eigenvalue weighted by Gasteiger charge is -2.24. The van der Waals surface area contributed by atoms with Crippen molar-refractivity contribution in [2.45, 2.75) is 37.8 Å². The van der Waals surface area contributed by atoms with Gasteiger partial charge >= 0.3 is 0 Å². The molecule has 1 aromatic carbocycles. The molecule has 86 valence electrons. The fourth-order valence-corrected chi connectivity index (χ4v) is 2.10. The summed E-state index contributed by atoms with van der Waals surface area (Å²) in [6.07, 6.45) is 6.28. The Kier molecular flexibility index (Phi) is 3.57. The van der Waals surface area contributed by atoms with E-state index in [1.807, 2.05) is 12.1 Å². The first-order valence-corrected chi connectivity index (χ1v) is 5.84. The third-order valence-electron chi connectivity index (χ3n) is 3.12. The number of rotatable bonds is 2. The van der Waals surface area contributed by atoms with E-state index in [0.717, 1.165) is 18.4 Å². The molecule has 0 bridgehead atoms. The molecule has 3 heteroatoms. The Labute approximate surface area is 96.0 Å². The Morgan fingerprint density at radius 1 is 1.25 bits per heavy atom. The zero-order chi connectivity index (χ0) is 11.4. The van der Waals surface area contributed by atoms with E-state index >= 15 is 0 Å². The highest BCUT2D eigenvalue weighted by atomic mass is 16.3. The fraction of sp³-hybridized carbons (Fsp3) is 0.462. The molecule has 3 N–H and O–H groups in total. The molecular formula is C13H18N2O. The van der Waals surface area contributed by atoms with E-state index in [2.05, 4.69) is 4.99 Å². The molecule has 16 heavy (non-hydrogen) atoms. The van der Waals surface area contributed by atoms with Crippen molar-refractivity contribution in [2.75, 3.05) is 0 Å². The summed E-state index contributed by atoms with van der Waals surface area (Å²) in [5.74, 6) is 0.274. The number of benzene rings is 1. The molecule has 0 saturated heterocycles. The lowest BCUT2D eigenvalue weighted by molar-refractivity contribution is 0.387. The Morgan fingerprint density at radius 3 is 2.75 bits per heavy atom. The summed E-state index contributed by atoms with van der Waals surface area (Å²) in [5, 5.41) is 9.58. The van der Waals surface area contributed by atoms with Crippen LogP contribution in [0.15, 0.2) is 29.3 Å². The van der Waals surface area contributed by atoms with Gasteiger partial charge in [0.1, 0.15) is 5.75 Å². The number of nitrogens with zero attached hydrogens (tertiary/aromatic N) is 1. The van der Waals surface area contributed by atoms with Gasteiger partial charge in [-0.3, -0.25) is 4.99 Å². The number of para-hydroxylation sites is 1. The van der Waals surface area contributed by atoms with Crippen LogP contribution in [0.25, 0.3) is 0 Å². The van der Waals surface area contributed by atoms with Gasteiger partial charge in [0, 0.05) is 17.8 Å². The molecule has 0 aromatic heterocycles. The molecule has 0 heterocycles. The van der Waals surface area contributed by atoms with Crippen LogP contribution < -0.4 is 5.73 Å². The van der Waals surface area contributed by atoms with Crippen molar-refractivity contribution < 1.29 is 5.11 Å². The lowest BCUT2D eigenvalue weighted by Crippen LogP contribution is -2.36. The van der Waals surface area contributed by atoms with E-state index in [1.165, 1.54) is 12.8 Å². The highest BCUT2D eigenvalue weighted by molar-refractivity contribution is 5.83. The van der Waals surface area contributed by atoms with Gasteiger partial charge in [-0.15, -0.1) is 0 Å². The predicted molar refractivity (Wildman–Crippen MR) is 65.9 cm³/mol. The summed E-state index contributed by atoms with van der Waals surface area (Å²) in [4.78, 5) is 4.49. The average molecular weight is 218 g/mol. The summed E-state index contributed by atoms with van der Waals surface area (Å²) in [6.45, 7) is 0.